The van der Waals surface area contributed by atoms with Crippen LogP contribution in [0.5, 0.6) is 0 Å². The molecule has 0 amide bonds. The topological polar surface area (TPSA) is 26.3 Å². The minimum atomic E-state index is -0.0730. The highest BCUT2D eigenvalue weighted by Crippen LogP contribution is 2.31. The number of alkyl halides is 1. The zero-order valence-corrected chi connectivity index (χ0v) is 30.5. The molecular formula is C39H71BrO2. The van der Waals surface area contributed by atoms with E-state index in [1.807, 2.05) is 0 Å². The minimum Gasteiger partial charge on any atom is -0.462 e. The van der Waals surface area contributed by atoms with Crippen molar-refractivity contribution in [3.05, 3.63) is 36.5 Å². The summed E-state index contributed by atoms with van der Waals surface area (Å²) in [5, 5.41) is 0. The molecule has 3 heteroatoms. The third-order valence-electron chi connectivity index (χ3n) is 8.63. The smallest absolute Gasteiger partial charge is 0.306 e. The standard InChI is InChI=1S/C39H71BrO2/c1-7-10-13-16-19-22-25-28-31-36(32-29-26-23-20-17-14-11-8-2)37(33-30-27-24-21-18-15-12-9-3)42-38(41)34-35(4)39(5,6)40/h19-24,35-37H,7-18,25-34H2,1-6H3/b22-19-,23-20-,24-21-. The predicted molar refractivity (Wildman–Crippen MR) is 192 cm³/mol. The van der Waals surface area contributed by atoms with Crippen LogP contribution in [-0.2, 0) is 9.53 Å². The fourth-order valence-electron chi connectivity index (χ4n) is 5.29. The molecule has 0 N–H and O–H groups in total. The second-order valence-electron chi connectivity index (χ2n) is 13.2. The van der Waals surface area contributed by atoms with Crippen molar-refractivity contribution in [1.29, 1.82) is 0 Å². The van der Waals surface area contributed by atoms with E-state index in [2.05, 4.69) is 93.9 Å². The van der Waals surface area contributed by atoms with Crippen LogP contribution in [0, 0.1) is 11.8 Å². The van der Waals surface area contributed by atoms with Crippen LogP contribution in [0.1, 0.15) is 183 Å². The average molecular weight is 652 g/mol. The zero-order valence-electron chi connectivity index (χ0n) is 28.9. The second-order valence-corrected chi connectivity index (χ2v) is 15.2. The minimum absolute atomic E-state index is 0.0215. The summed E-state index contributed by atoms with van der Waals surface area (Å²) >= 11 is 3.76. The maximum atomic E-state index is 13.2. The highest BCUT2D eigenvalue weighted by atomic mass is 79.9. The molecule has 42 heavy (non-hydrogen) atoms. The third kappa shape index (κ3) is 25.6. The maximum Gasteiger partial charge on any atom is 0.306 e. The first-order chi connectivity index (χ1) is 20.3. The molecule has 0 aliphatic heterocycles. The molecule has 0 fully saturated rings. The van der Waals surface area contributed by atoms with E-state index >= 15 is 0 Å². The van der Waals surface area contributed by atoms with Gasteiger partial charge in [0.2, 0.25) is 0 Å². The van der Waals surface area contributed by atoms with E-state index in [0.717, 1.165) is 44.9 Å². The van der Waals surface area contributed by atoms with Gasteiger partial charge in [0.05, 0.1) is 0 Å². The van der Waals surface area contributed by atoms with Crippen molar-refractivity contribution >= 4 is 21.9 Å². The molecule has 0 heterocycles. The lowest BCUT2D eigenvalue weighted by Crippen LogP contribution is -2.30. The fraction of sp³-hybridized carbons (Fsp3) is 0.821. The number of ether oxygens (including phenoxy) is 1. The van der Waals surface area contributed by atoms with Gasteiger partial charge in [-0.1, -0.05) is 119 Å². The van der Waals surface area contributed by atoms with Crippen molar-refractivity contribution in [2.75, 3.05) is 0 Å². The first-order valence-electron chi connectivity index (χ1n) is 18.1. The molecule has 0 saturated heterocycles. The summed E-state index contributed by atoms with van der Waals surface area (Å²) in [5.41, 5.74) is 0. The van der Waals surface area contributed by atoms with Crippen LogP contribution < -0.4 is 0 Å². The number of allylic oxidation sites excluding steroid dienone is 6. The van der Waals surface area contributed by atoms with Crippen molar-refractivity contribution in [2.45, 2.75) is 193 Å². The normalized spacial score (nSPS) is 14.1. The summed E-state index contributed by atoms with van der Waals surface area (Å²) in [6.45, 7) is 13.2. The first-order valence-corrected chi connectivity index (χ1v) is 18.9. The van der Waals surface area contributed by atoms with Crippen molar-refractivity contribution in [2.24, 2.45) is 11.8 Å². The molecule has 0 spiro atoms. The monoisotopic (exact) mass is 650 g/mol. The number of hydrogen-bond acceptors (Lipinski definition) is 2. The highest BCUT2D eigenvalue weighted by Gasteiger charge is 2.29. The quantitative estimate of drug-likeness (QED) is 0.0348. The van der Waals surface area contributed by atoms with Crippen LogP contribution in [0.2, 0.25) is 0 Å². The fourth-order valence-corrected chi connectivity index (χ4v) is 5.45. The third-order valence-corrected chi connectivity index (χ3v) is 9.41. The number of carbonyl (C=O) groups is 1. The maximum absolute atomic E-state index is 13.2. The molecule has 0 aromatic rings. The largest absolute Gasteiger partial charge is 0.462 e. The molecule has 0 aromatic carbocycles. The van der Waals surface area contributed by atoms with Crippen LogP contribution in [0.15, 0.2) is 36.5 Å². The van der Waals surface area contributed by atoms with Crippen LogP contribution in [0.25, 0.3) is 0 Å². The van der Waals surface area contributed by atoms with Crippen LogP contribution in [0.3, 0.4) is 0 Å². The van der Waals surface area contributed by atoms with Gasteiger partial charge in [-0.25, -0.2) is 0 Å². The van der Waals surface area contributed by atoms with Gasteiger partial charge in [0.25, 0.3) is 0 Å². The van der Waals surface area contributed by atoms with Gasteiger partial charge in [0.1, 0.15) is 6.10 Å². The average Bonchev–Trinajstić information content (AvgIpc) is 2.95. The first kappa shape index (κ1) is 41.2. The van der Waals surface area contributed by atoms with Crippen molar-refractivity contribution in [3.63, 3.8) is 0 Å². The lowest BCUT2D eigenvalue weighted by molar-refractivity contribution is -0.154. The SMILES string of the molecule is CCCCC/C=C\CCCC(CCC/C=C\CCCCC)C(CCC/C=C\CCCCC)OC(=O)CC(C)C(C)(C)Br. The molecule has 0 rings (SSSR count). The lowest BCUT2D eigenvalue weighted by Gasteiger charge is -2.29. The Morgan fingerprint density at radius 2 is 0.976 bits per heavy atom. The van der Waals surface area contributed by atoms with Gasteiger partial charge in [-0.15, -0.1) is 0 Å². The van der Waals surface area contributed by atoms with E-state index in [1.54, 1.807) is 0 Å². The Balaban J connectivity index is 5.28. The molecule has 0 radical (unpaired) electrons. The van der Waals surface area contributed by atoms with E-state index in [9.17, 15) is 4.79 Å². The van der Waals surface area contributed by atoms with Gasteiger partial charge in [0, 0.05) is 10.7 Å². The van der Waals surface area contributed by atoms with Crippen molar-refractivity contribution < 1.29 is 9.53 Å². The molecule has 0 aliphatic carbocycles. The Kier molecular flexibility index (Phi) is 28.3. The number of unbranched alkanes of at least 4 members (excludes halogenated alkanes) is 12. The van der Waals surface area contributed by atoms with Crippen molar-refractivity contribution in [1.82, 2.24) is 0 Å². The number of carbonyl (C=O) groups excluding carboxylic acids is 1. The molecule has 0 aliphatic rings. The Morgan fingerprint density at radius 3 is 1.33 bits per heavy atom. The van der Waals surface area contributed by atoms with Gasteiger partial charge >= 0.3 is 5.97 Å². The van der Waals surface area contributed by atoms with E-state index in [1.165, 1.54) is 89.9 Å². The molecular weight excluding hydrogens is 580 g/mol. The summed E-state index contributed by atoms with van der Waals surface area (Å²) in [4.78, 5) is 13.2. The van der Waals surface area contributed by atoms with Gasteiger partial charge in [0.15, 0.2) is 0 Å². The molecule has 0 bridgehead atoms. The van der Waals surface area contributed by atoms with E-state index in [0.29, 0.717) is 12.3 Å². The number of rotatable bonds is 29. The summed E-state index contributed by atoms with van der Waals surface area (Å²) < 4.78 is 6.29. The summed E-state index contributed by atoms with van der Waals surface area (Å²) in [7, 11) is 0. The van der Waals surface area contributed by atoms with Gasteiger partial charge in [-0.3, -0.25) is 4.79 Å². The highest BCUT2D eigenvalue weighted by molar-refractivity contribution is 9.10. The summed E-state index contributed by atoms with van der Waals surface area (Å²) in [6.07, 6.45) is 40.1. The number of hydrogen-bond donors (Lipinski definition) is 0. The van der Waals surface area contributed by atoms with E-state index in [4.69, 9.17) is 4.74 Å². The second kappa shape index (κ2) is 28.9. The van der Waals surface area contributed by atoms with Gasteiger partial charge in [-0.05, 0) is 122 Å². The van der Waals surface area contributed by atoms with Gasteiger partial charge in [-0.2, -0.15) is 0 Å². The van der Waals surface area contributed by atoms with Crippen molar-refractivity contribution in [3.8, 4) is 0 Å². The lowest BCUT2D eigenvalue weighted by atomic mass is 9.87. The molecule has 0 saturated carbocycles. The summed E-state index contributed by atoms with van der Waals surface area (Å²) in [6, 6.07) is 0. The molecule has 2 atom stereocenters. The molecule has 246 valence electrons. The number of halogens is 1. The van der Waals surface area contributed by atoms with Gasteiger partial charge < -0.3 is 4.74 Å². The van der Waals surface area contributed by atoms with Crippen LogP contribution in [0.4, 0.5) is 0 Å². The molecule has 0 aromatic heterocycles. The Morgan fingerprint density at radius 1 is 0.619 bits per heavy atom. The Labute approximate surface area is 272 Å². The molecule has 2 nitrogen and oxygen atoms in total. The predicted octanol–water partition coefficient (Wildman–Crippen LogP) is 13.6. The Hall–Kier alpha value is -0.830. The van der Waals surface area contributed by atoms with Crippen LogP contribution >= 0.6 is 15.9 Å². The Bertz CT molecular complexity index is 661. The molecule has 2 unspecified atom stereocenters. The van der Waals surface area contributed by atoms with E-state index < -0.39 is 0 Å². The van der Waals surface area contributed by atoms with E-state index in [-0.39, 0.29) is 22.3 Å². The summed E-state index contributed by atoms with van der Waals surface area (Å²) in [5.74, 6) is 0.648. The number of esters is 1. The zero-order chi connectivity index (χ0) is 31.3. The van der Waals surface area contributed by atoms with Crippen LogP contribution in [-0.4, -0.2) is 16.4 Å².